The van der Waals surface area contributed by atoms with E-state index in [4.69, 9.17) is 16.3 Å². The second-order valence-corrected chi connectivity index (χ2v) is 4.74. The van der Waals surface area contributed by atoms with E-state index in [0.717, 1.165) is 5.56 Å². The highest BCUT2D eigenvalue weighted by Gasteiger charge is 2.11. The molecule has 0 atom stereocenters. The first-order chi connectivity index (χ1) is 9.51. The summed E-state index contributed by atoms with van der Waals surface area (Å²) in [7, 11) is 1.55. The van der Waals surface area contributed by atoms with Gasteiger partial charge >= 0.3 is 0 Å². The summed E-state index contributed by atoms with van der Waals surface area (Å²) in [5, 5.41) is 12.7. The number of aryl methyl sites for hydroxylation is 1. The van der Waals surface area contributed by atoms with E-state index in [1.807, 2.05) is 6.92 Å². The van der Waals surface area contributed by atoms with Crippen LogP contribution < -0.4 is 10.1 Å². The first-order valence-electron chi connectivity index (χ1n) is 5.96. The molecule has 0 radical (unpaired) electrons. The van der Waals surface area contributed by atoms with E-state index >= 15 is 0 Å². The Hall–Kier alpha value is -2.20. The molecule has 4 nitrogen and oxygen atoms in total. The molecule has 0 saturated carbocycles. The number of anilines is 1. The van der Waals surface area contributed by atoms with Crippen LogP contribution in [-0.2, 0) is 0 Å². The van der Waals surface area contributed by atoms with Gasteiger partial charge in [-0.25, -0.2) is 0 Å². The normalized spacial score (nSPS) is 10.2. The van der Waals surface area contributed by atoms with Crippen LogP contribution >= 0.6 is 11.6 Å². The van der Waals surface area contributed by atoms with Crippen molar-refractivity contribution in [3.63, 3.8) is 0 Å². The summed E-state index contributed by atoms with van der Waals surface area (Å²) in [6.45, 7) is 1.89. The minimum atomic E-state index is -0.346. The number of ether oxygens (including phenoxy) is 1. The molecule has 1 amide bonds. The van der Waals surface area contributed by atoms with E-state index in [9.17, 15) is 9.90 Å². The van der Waals surface area contributed by atoms with E-state index < -0.39 is 0 Å². The SMILES string of the molecule is COc1cc(C(=O)Nc2cc(Cl)ccc2O)ccc1C. The third-order valence-electron chi connectivity index (χ3n) is 2.88. The van der Waals surface area contributed by atoms with Crippen molar-refractivity contribution >= 4 is 23.2 Å². The average molecular weight is 292 g/mol. The Kier molecular flexibility index (Phi) is 4.15. The molecular formula is C15H14ClNO3. The number of hydrogen-bond acceptors (Lipinski definition) is 3. The number of nitrogens with one attached hydrogen (secondary N) is 1. The number of carbonyl (C=O) groups excluding carboxylic acids is 1. The Balaban J connectivity index is 2.26. The third kappa shape index (κ3) is 3.03. The maximum absolute atomic E-state index is 12.1. The van der Waals surface area contributed by atoms with Crippen molar-refractivity contribution in [3.8, 4) is 11.5 Å². The van der Waals surface area contributed by atoms with Crippen LogP contribution in [0.3, 0.4) is 0 Å². The molecule has 0 bridgehead atoms. The van der Waals surface area contributed by atoms with Gasteiger partial charge in [-0.2, -0.15) is 0 Å². The molecule has 2 aromatic rings. The summed E-state index contributed by atoms with van der Waals surface area (Å²) in [5.41, 5.74) is 1.64. The van der Waals surface area contributed by atoms with Gasteiger partial charge in [0, 0.05) is 10.6 Å². The lowest BCUT2D eigenvalue weighted by Crippen LogP contribution is -2.12. The molecule has 2 rings (SSSR count). The van der Waals surface area contributed by atoms with Gasteiger partial charge in [0.25, 0.3) is 5.91 Å². The zero-order chi connectivity index (χ0) is 14.7. The minimum Gasteiger partial charge on any atom is -0.506 e. The molecule has 0 unspecified atom stereocenters. The van der Waals surface area contributed by atoms with Gasteiger partial charge in [-0.1, -0.05) is 17.7 Å². The van der Waals surface area contributed by atoms with Crippen LogP contribution in [0, 0.1) is 6.92 Å². The van der Waals surface area contributed by atoms with Crippen molar-refractivity contribution in [2.75, 3.05) is 12.4 Å². The standard InChI is InChI=1S/C15H14ClNO3/c1-9-3-4-10(7-14(9)20-2)15(19)17-12-8-11(16)5-6-13(12)18/h3-8,18H,1-2H3,(H,17,19). The largest absolute Gasteiger partial charge is 0.506 e. The monoisotopic (exact) mass is 291 g/mol. The average Bonchev–Trinajstić information content (AvgIpc) is 2.43. The number of rotatable bonds is 3. The van der Waals surface area contributed by atoms with Crippen LogP contribution in [0.1, 0.15) is 15.9 Å². The molecule has 0 aliphatic carbocycles. The number of amides is 1. The Morgan fingerprint density at radius 2 is 2.00 bits per heavy atom. The van der Waals surface area contributed by atoms with E-state index in [-0.39, 0.29) is 17.3 Å². The molecule has 2 aromatic carbocycles. The minimum absolute atomic E-state index is 0.0400. The first kappa shape index (κ1) is 14.2. The fraction of sp³-hybridized carbons (Fsp3) is 0.133. The van der Waals surface area contributed by atoms with E-state index in [1.54, 1.807) is 31.4 Å². The molecule has 0 saturated heterocycles. The molecule has 5 heteroatoms. The molecular weight excluding hydrogens is 278 g/mol. The van der Waals surface area contributed by atoms with Gasteiger partial charge in [0.15, 0.2) is 0 Å². The zero-order valence-corrected chi connectivity index (χ0v) is 11.9. The van der Waals surface area contributed by atoms with Crippen molar-refractivity contribution in [3.05, 3.63) is 52.5 Å². The quantitative estimate of drug-likeness (QED) is 0.849. The molecule has 0 spiro atoms. The summed E-state index contributed by atoms with van der Waals surface area (Å²) in [6, 6.07) is 9.59. The van der Waals surface area contributed by atoms with Gasteiger partial charge in [0.1, 0.15) is 11.5 Å². The second kappa shape index (κ2) is 5.84. The van der Waals surface area contributed by atoms with Crippen LogP contribution in [0.2, 0.25) is 5.02 Å². The van der Waals surface area contributed by atoms with Gasteiger partial charge in [0.2, 0.25) is 0 Å². The van der Waals surface area contributed by atoms with Crippen LogP contribution in [0.4, 0.5) is 5.69 Å². The number of phenolic OH excluding ortho intramolecular Hbond substituents is 1. The number of benzene rings is 2. The predicted molar refractivity (Wildman–Crippen MR) is 78.8 cm³/mol. The summed E-state index contributed by atoms with van der Waals surface area (Å²) >= 11 is 5.83. The van der Waals surface area contributed by atoms with Crippen LogP contribution in [-0.4, -0.2) is 18.1 Å². The van der Waals surface area contributed by atoms with E-state index in [1.165, 1.54) is 12.1 Å². The summed E-state index contributed by atoms with van der Waals surface area (Å²) < 4.78 is 5.18. The molecule has 0 heterocycles. The zero-order valence-electron chi connectivity index (χ0n) is 11.1. The van der Waals surface area contributed by atoms with Crippen LogP contribution in [0.25, 0.3) is 0 Å². The van der Waals surface area contributed by atoms with Crippen molar-refractivity contribution in [1.29, 1.82) is 0 Å². The Morgan fingerprint density at radius 3 is 2.70 bits per heavy atom. The molecule has 0 fully saturated rings. The van der Waals surface area contributed by atoms with Crippen LogP contribution in [0.5, 0.6) is 11.5 Å². The van der Waals surface area contributed by atoms with E-state index in [0.29, 0.717) is 16.3 Å². The summed E-state index contributed by atoms with van der Waals surface area (Å²) in [6.07, 6.45) is 0. The number of methoxy groups -OCH3 is 1. The summed E-state index contributed by atoms with van der Waals surface area (Å²) in [4.78, 5) is 12.1. The van der Waals surface area contributed by atoms with E-state index in [2.05, 4.69) is 5.32 Å². The maximum Gasteiger partial charge on any atom is 0.255 e. The maximum atomic E-state index is 12.1. The number of aromatic hydroxyl groups is 1. The van der Waals surface area contributed by atoms with Crippen molar-refractivity contribution in [2.24, 2.45) is 0 Å². The number of phenols is 1. The molecule has 2 N–H and O–H groups in total. The lowest BCUT2D eigenvalue weighted by molar-refractivity contribution is 0.102. The number of hydrogen-bond donors (Lipinski definition) is 2. The first-order valence-corrected chi connectivity index (χ1v) is 6.33. The lowest BCUT2D eigenvalue weighted by Gasteiger charge is -2.10. The highest BCUT2D eigenvalue weighted by Crippen LogP contribution is 2.27. The molecule has 20 heavy (non-hydrogen) atoms. The second-order valence-electron chi connectivity index (χ2n) is 4.30. The smallest absolute Gasteiger partial charge is 0.255 e. The molecule has 0 aliphatic rings. The molecule has 0 aromatic heterocycles. The summed E-state index contributed by atoms with van der Waals surface area (Å²) in [5.74, 6) is 0.246. The van der Waals surface area contributed by atoms with Gasteiger partial charge in [0.05, 0.1) is 12.8 Å². The number of carbonyl (C=O) groups is 1. The van der Waals surface area contributed by atoms with Gasteiger partial charge in [-0.3, -0.25) is 4.79 Å². The van der Waals surface area contributed by atoms with Gasteiger partial charge in [-0.05, 0) is 42.8 Å². The Bertz CT molecular complexity index is 656. The highest BCUT2D eigenvalue weighted by atomic mass is 35.5. The third-order valence-corrected chi connectivity index (χ3v) is 3.11. The lowest BCUT2D eigenvalue weighted by atomic mass is 10.1. The van der Waals surface area contributed by atoms with Gasteiger partial charge in [-0.15, -0.1) is 0 Å². The topological polar surface area (TPSA) is 58.6 Å². The van der Waals surface area contributed by atoms with Crippen molar-refractivity contribution in [2.45, 2.75) is 6.92 Å². The van der Waals surface area contributed by atoms with Crippen LogP contribution in [0.15, 0.2) is 36.4 Å². The Labute approximate surface area is 122 Å². The fourth-order valence-corrected chi connectivity index (χ4v) is 1.94. The van der Waals surface area contributed by atoms with Gasteiger partial charge < -0.3 is 15.2 Å². The highest BCUT2D eigenvalue weighted by molar-refractivity contribution is 6.31. The number of halogens is 1. The Morgan fingerprint density at radius 1 is 1.25 bits per heavy atom. The van der Waals surface area contributed by atoms with Crippen molar-refractivity contribution in [1.82, 2.24) is 0 Å². The fourth-order valence-electron chi connectivity index (χ4n) is 1.76. The van der Waals surface area contributed by atoms with Crippen molar-refractivity contribution < 1.29 is 14.6 Å². The predicted octanol–water partition coefficient (Wildman–Crippen LogP) is 3.61. The molecule has 104 valence electrons. The molecule has 0 aliphatic heterocycles.